The van der Waals surface area contributed by atoms with Gasteiger partial charge < -0.3 is 14.6 Å². The van der Waals surface area contributed by atoms with E-state index in [-0.39, 0.29) is 23.0 Å². The predicted molar refractivity (Wildman–Crippen MR) is 62.3 cm³/mol. The van der Waals surface area contributed by atoms with Gasteiger partial charge in [-0.05, 0) is 31.1 Å². The van der Waals surface area contributed by atoms with E-state index in [0.29, 0.717) is 6.61 Å². The lowest BCUT2D eigenvalue weighted by Crippen LogP contribution is -2.52. The number of ether oxygens (including phenoxy) is 2. The molecule has 94 valence electrons. The summed E-state index contributed by atoms with van der Waals surface area (Å²) in [5, 5.41) is 9.80. The van der Waals surface area contributed by atoms with Gasteiger partial charge in [0.05, 0.1) is 18.8 Å². The van der Waals surface area contributed by atoms with Crippen LogP contribution in [-0.4, -0.2) is 37.6 Å². The van der Waals surface area contributed by atoms with Gasteiger partial charge in [-0.25, -0.2) is 0 Å². The molecule has 3 heteroatoms. The first kappa shape index (κ1) is 12.3. The van der Waals surface area contributed by atoms with Crippen molar-refractivity contribution in [2.45, 2.75) is 45.1 Å². The zero-order chi connectivity index (χ0) is 11.9. The third-order valence-corrected chi connectivity index (χ3v) is 4.79. The zero-order valence-electron chi connectivity index (χ0n) is 10.7. The van der Waals surface area contributed by atoms with Crippen LogP contribution in [0.2, 0.25) is 0 Å². The first-order valence-electron chi connectivity index (χ1n) is 6.27. The quantitative estimate of drug-likeness (QED) is 0.799. The first-order chi connectivity index (χ1) is 7.54. The Balaban J connectivity index is 2.25. The van der Waals surface area contributed by atoms with Crippen LogP contribution in [0.5, 0.6) is 0 Å². The smallest absolute Gasteiger partial charge is 0.0997 e. The molecule has 2 atom stereocenters. The van der Waals surface area contributed by atoms with Gasteiger partial charge in [0.15, 0.2) is 0 Å². The Labute approximate surface area is 98.1 Å². The van der Waals surface area contributed by atoms with Crippen LogP contribution in [0.4, 0.5) is 0 Å². The largest absolute Gasteiger partial charge is 0.396 e. The van der Waals surface area contributed by atoms with Crippen molar-refractivity contribution >= 4 is 0 Å². The van der Waals surface area contributed by atoms with Crippen molar-refractivity contribution in [3.8, 4) is 0 Å². The molecule has 2 unspecified atom stereocenters. The topological polar surface area (TPSA) is 38.7 Å². The summed E-state index contributed by atoms with van der Waals surface area (Å²) >= 11 is 0. The Hall–Kier alpha value is -0.120. The van der Waals surface area contributed by atoms with Gasteiger partial charge in [-0.2, -0.15) is 0 Å². The third kappa shape index (κ3) is 1.52. The van der Waals surface area contributed by atoms with Crippen molar-refractivity contribution in [1.29, 1.82) is 0 Å². The van der Waals surface area contributed by atoms with Gasteiger partial charge in [-0.15, -0.1) is 0 Å². The average molecular weight is 228 g/mol. The molecule has 1 N–H and O–H groups in total. The Morgan fingerprint density at radius 2 is 2.00 bits per heavy atom. The summed E-state index contributed by atoms with van der Waals surface area (Å²) in [5.41, 5.74) is -0.160. The number of aliphatic hydroxyl groups is 1. The van der Waals surface area contributed by atoms with Crippen molar-refractivity contribution in [1.82, 2.24) is 0 Å². The van der Waals surface area contributed by atoms with E-state index in [1.54, 1.807) is 7.11 Å². The summed E-state index contributed by atoms with van der Waals surface area (Å²) in [6.07, 6.45) is 4.37. The molecule has 1 saturated heterocycles. The molecule has 0 aromatic carbocycles. The summed E-state index contributed by atoms with van der Waals surface area (Å²) < 4.78 is 11.4. The highest BCUT2D eigenvalue weighted by molar-refractivity contribution is 5.20. The summed E-state index contributed by atoms with van der Waals surface area (Å²) in [6, 6.07) is 0. The van der Waals surface area contributed by atoms with Crippen molar-refractivity contribution in [3.05, 3.63) is 0 Å². The molecule has 0 aromatic rings. The SMILES string of the molecule is COCC1(C2(CO)CC2(C)C)CCCCO1. The molecule has 1 aliphatic carbocycles. The van der Waals surface area contributed by atoms with Gasteiger partial charge in [0.25, 0.3) is 0 Å². The van der Waals surface area contributed by atoms with Crippen LogP contribution in [0.3, 0.4) is 0 Å². The van der Waals surface area contributed by atoms with Crippen LogP contribution in [0.1, 0.15) is 39.5 Å². The highest BCUT2D eigenvalue weighted by Gasteiger charge is 2.71. The molecule has 2 rings (SSSR count). The van der Waals surface area contributed by atoms with E-state index < -0.39 is 0 Å². The molecule has 1 heterocycles. The van der Waals surface area contributed by atoms with E-state index >= 15 is 0 Å². The molecule has 16 heavy (non-hydrogen) atoms. The van der Waals surface area contributed by atoms with Crippen LogP contribution >= 0.6 is 0 Å². The van der Waals surface area contributed by atoms with Gasteiger partial charge in [-0.3, -0.25) is 0 Å². The number of hydrogen-bond donors (Lipinski definition) is 1. The van der Waals surface area contributed by atoms with Crippen molar-refractivity contribution in [2.24, 2.45) is 10.8 Å². The summed E-state index contributed by atoms with van der Waals surface area (Å²) in [6.45, 7) is 6.07. The standard InChI is InChI=1S/C13H24O3/c1-11(2)8-12(11,9-14)13(10-15-3)6-4-5-7-16-13/h14H,4-10H2,1-3H3. The number of rotatable bonds is 4. The maximum absolute atomic E-state index is 9.80. The molecule has 0 bridgehead atoms. The normalized spacial score (nSPS) is 42.0. The minimum atomic E-state index is -0.252. The second-order valence-corrected chi connectivity index (χ2v) is 6.03. The minimum Gasteiger partial charge on any atom is -0.396 e. The number of methoxy groups -OCH3 is 1. The Morgan fingerprint density at radius 1 is 1.31 bits per heavy atom. The Kier molecular flexibility index (Phi) is 3.06. The molecule has 3 nitrogen and oxygen atoms in total. The third-order valence-electron chi connectivity index (χ3n) is 4.79. The van der Waals surface area contributed by atoms with E-state index in [9.17, 15) is 5.11 Å². The van der Waals surface area contributed by atoms with Crippen LogP contribution in [0.25, 0.3) is 0 Å². The van der Waals surface area contributed by atoms with E-state index in [1.807, 2.05) is 0 Å². The lowest BCUT2D eigenvalue weighted by Gasteiger charge is -2.44. The van der Waals surface area contributed by atoms with Crippen LogP contribution in [0.15, 0.2) is 0 Å². The Morgan fingerprint density at radius 3 is 2.38 bits per heavy atom. The molecule has 0 radical (unpaired) electrons. The van der Waals surface area contributed by atoms with E-state index in [0.717, 1.165) is 25.9 Å². The molecule has 2 fully saturated rings. The van der Waals surface area contributed by atoms with Crippen LogP contribution < -0.4 is 0 Å². The molecule has 2 aliphatic rings. The van der Waals surface area contributed by atoms with Gasteiger partial charge in [0.2, 0.25) is 0 Å². The maximum atomic E-state index is 9.80. The summed E-state index contributed by atoms with van der Waals surface area (Å²) in [5.74, 6) is 0. The van der Waals surface area contributed by atoms with Crippen molar-refractivity contribution in [2.75, 3.05) is 26.9 Å². The molecule has 1 aliphatic heterocycles. The number of hydrogen-bond acceptors (Lipinski definition) is 3. The second kappa shape index (κ2) is 3.97. The Bertz CT molecular complexity index is 250. The van der Waals surface area contributed by atoms with Crippen LogP contribution in [-0.2, 0) is 9.47 Å². The monoisotopic (exact) mass is 228 g/mol. The molecule has 0 spiro atoms. The predicted octanol–water partition coefficient (Wildman–Crippen LogP) is 1.98. The molecule has 0 amide bonds. The number of aliphatic hydroxyl groups excluding tert-OH is 1. The van der Waals surface area contributed by atoms with E-state index in [1.165, 1.54) is 6.42 Å². The van der Waals surface area contributed by atoms with Gasteiger partial charge in [0.1, 0.15) is 0 Å². The fourth-order valence-electron chi connectivity index (χ4n) is 3.62. The zero-order valence-corrected chi connectivity index (χ0v) is 10.7. The molecule has 0 aromatic heterocycles. The molecular weight excluding hydrogens is 204 g/mol. The summed E-state index contributed by atoms with van der Waals surface area (Å²) in [7, 11) is 1.72. The maximum Gasteiger partial charge on any atom is 0.0997 e. The lowest BCUT2D eigenvalue weighted by molar-refractivity contribution is -0.176. The van der Waals surface area contributed by atoms with E-state index in [2.05, 4.69) is 13.8 Å². The highest BCUT2D eigenvalue weighted by Crippen LogP contribution is 2.70. The van der Waals surface area contributed by atoms with Gasteiger partial charge >= 0.3 is 0 Å². The van der Waals surface area contributed by atoms with Gasteiger partial charge in [-0.1, -0.05) is 13.8 Å². The minimum absolute atomic E-state index is 0.0869. The summed E-state index contributed by atoms with van der Waals surface area (Å²) in [4.78, 5) is 0. The second-order valence-electron chi connectivity index (χ2n) is 6.03. The molecular formula is C13H24O3. The van der Waals surface area contributed by atoms with Gasteiger partial charge in [0, 0.05) is 19.1 Å². The first-order valence-corrected chi connectivity index (χ1v) is 6.27. The fourth-order valence-corrected chi connectivity index (χ4v) is 3.62. The molecule has 1 saturated carbocycles. The van der Waals surface area contributed by atoms with Crippen molar-refractivity contribution in [3.63, 3.8) is 0 Å². The fraction of sp³-hybridized carbons (Fsp3) is 1.00. The highest BCUT2D eigenvalue weighted by atomic mass is 16.5. The average Bonchev–Trinajstić information content (AvgIpc) is 2.85. The van der Waals surface area contributed by atoms with Crippen LogP contribution in [0, 0.1) is 10.8 Å². The van der Waals surface area contributed by atoms with E-state index in [4.69, 9.17) is 9.47 Å². The van der Waals surface area contributed by atoms with Crippen molar-refractivity contribution < 1.29 is 14.6 Å². The lowest BCUT2D eigenvalue weighted by atomic mass is 9.75.